The topological polar surface area (TPSA) is 56.8 Å². The first-order chi connectivity index (χ1) is 14.1. The van der Waals surface area contributed by atoms with E-state index in [1.54, 1.807) is 37.4 Å². The van der Waals surface area contributed by atoms with Crippen LogP contribution in [-0.4, -0.2) is 19.6 Å². The van der Waals surface area contributed by atoms with Crippen LogP contribution in [0.3, 0.4) is 0 Å². The van der Waals surface area contributed by atoms with Crippen molar-refractivity contribution >= 4 is 11.6 Å². The van der Waals surface area contributed by atoms with Crippen LogP contribution in [0.5, 0.6) is 23.0 Å². The zero-order valence-electron chi connectivity index (χ0n) is 16.9. The molecule has 3 aromatic rings. The summed E-state index contributed by atoms with van der Waals surface area (Å²) in [6, 6.07) is 20.2. The van der Waals surface area contributed by atoms with E-state index in [0.717, 1.165) is 17.7 Å². The number of aryl methyl sites for hydroxylation is 1. The largest absolute Gasteiger partial charge is 0.493 e. The molecule has 0 bridgehead atoms. The quantitative estimate of drug-likeness (QED) is 0.524. The second-order valence-electron chi connectivity index (χ2n) is 6.61. The van der Waals surface area contributed by atoms with E-state index in [1.807, 2.05) is 50.2 Å². The monoisotopic (exact) mass is 391 g/mol. The lowest BCUT2D eigenvalue weighted by Crippen LogP contribution is -2.12. The fraction of sp³-hybridized carbons (Fsp3) is 0.208. The number of carbonyl (C=O) groups is 1. The smallest absolute Gasteiger partial charge is 0.255 e. The van der Waals surface area contributed by atoms with Gasteiger partial charge in [-0.1, -0.05) is 19.1 Å². The van der Waals surface area contributed by atoms with Gasteiger partial charge in [0.15, 0.2) is 11.5 Å². The molecule has 0 aliphatic heterocycles. The van der Waals surface area contributed by atoms with E-state index in [4.69, 9.17) is 14.2 Å². The first-order valence-corrected chi connectivity index (χ1v) is 9.56. The molecule has 0 aromatic heterocycles. The molecule has 0 aliphatic carbocycles. The van der Waals surface area contributed by atoms with Crippen LogP contribution in [0.2, 0.25) is 0 Å². The lowest BCUT2D eigenvalue weighted by Gasteiger charge is -2.12. The van der Waals surface area contributed by atoms with Crippen molar-refractivity contribution in [2.45, 2.75) is 20.3 Å². The minimum absolute atomic E-state index is 0.224. The van der Waals surface area contributed by atoms with Crippen LogP contribution in [0.25, 0.3) is 0 Å². The molecule has 0 unspecified atom stereocenters. The number of nitrogens with one attached hydrogen (secondary N) is 1. The Morgan fingerprint density at radius 2 is 1.72 bits per heavy atom. The zero-order chi connectivity index (χ0) is 20.6. The van der Waals surface area contributed by atoms with Crippen LogP contribution in [0.15, 0.2) is 66.7 Å². The van der Waals surface area contributed by atoms with E-state index in [0.29, 0.717) is 35.1 Å². The van der Waals surface area contributed by atoms with Gasteiger partial charge in [-0.3, -0.25) is 4.79 Å². The third kappa shape index (κ3) is 5.51. The van der Waals surface area contributed by atoms with Crippen molar-refractivity contribution in [2.75, 3.05) is 19.0 Å². The molecule has 0 spiro atoms. The fourth-order valence-corrected chi connectivity index (χ4v) is 2.76. The standard InChI is InChI=1S/C24H25NO4/c1-4-14-28-22-13-8-18(16-23(22)27-3)24(26)25-19-9-11-20(12-10-19)29-21-7-5-6-17(2)15-21/h5-13,15-16H,4,14H2,1-3H3,(H,25,26). The summed E-state index contributed by atoms with van der Waals surface area (Å²) >= 11 is 0. The van der Waals surface area contributed by atoms with E-state index in [-0.39, 0.29) is 5.91 Å². The molecule has 0 atom stereocenters. The first-order valence-electron chi connectivity index (χ1n) is 9.56. The Balaban J connectivity index is 1.66. The molecule has 3 rings (SSSR count). The highest BCUT2D eigenvalue weighted by Gasteiger charge is 2.12. The second kappa shape index (κ2) is 9.64. The minimum Gasteiger partial charge on any atom is -0.493 e. The molecule has 0 saturated heterocycles. The molecule has 29 heavy (non-hydrogen) atoms. The predicted molar refractivity (Wildman–Crippen MR) is 114 cm³/mol. The van der Waals surface area contributed by atoms with Gasteiger partial charge < -0.3 is 19.5 Å². The Hall–Kier alpha value is -3.47. The van der Waals surface area contributed by atoms with Gasteiger partial charge in [0.1, 0.15) is 11.5 Å². The average molecular weight is 391 g/mol. The van der Waals surface area contributed by atoms with Crippen molar-refractivity contribution in [3.05, 3.63) is 77.9 Å². The summed E-state index contributed by atoms with van der Waals surface area (Å²) in [6.07, 6.45) is 0.898. The lowest BCUT2D eigenvalue weighted by atomic mass is 10.1. The maximum absolute atomic E-state index is 12.6. The van der Waals surface area contributed by atoms with E-state index in [2.05, 4.69) is 5.32 Å². The molecular weight excluding hydrogens is 366 g/mol. The molecule has 150 valence electrons. The summed E-state index contributed by atoms with van der Waals surface area (Å²) in [6.45, 7) is 4.65. The number of amides is 1. The number of anilines is 1. The van der Waals surface area contributed by atoms with Crippen LogP contribution in [0, 0.1) is 6.92 Å². The molecule has 5 nitrogen and oxygen atoms in total. The van der Waals surface area contributed by atoms with E-state index in [9.17, 15) is 4.79 Å². The first kappa shape index (κ1) is 20.3. The van der Waals surface area contributed by atoms with E-state index < -0.39 is 0 Å². The molecule has 5 heteroatoms. The Morgan fingerprint density at radius 1 is 0.931 bits per heavy atom. The zero-order valence-corrected chi connectivity index (χ0v) is 16.9. The van der Waals surface area contributed by atoms with Gasteiger partial charge in [0.05, 0.1) is 13.7 Å². The summed E-state index contributed by atoms with van der Waals surface area (Å²) in [5, 5.41) is 2.88. The molecule has 3 aromatic carbocycles. The molecular formula is C24H25NO4. The number of carbonyl (C=O) groups excluding carboxylic acids is 1. The van der Waals surface area contributed by atoms with Crippen molar-refractivity contribution in [1.29, 1.82) is 0 Å². The van der Waals surface area contributed by atoms with Gasteiger partial charge in [-0.2, -0.15) is 0 Å². The number of hydrogen-bond acceptors (Lipinski definition) is 4. The van der Waals surface area contributed by atoms with Crippen LogP contribution in [-0.2, 0) is 0 Å². The highest BCUT2D eigenvalue weighted by Crippen LogP contribution is 2.29. The summed E-state index contributed by atoms with van der Waals surface area (Å²) in [7, 11) is 1.56. The van der Waals surface area contributed by atoms with Gasteiger partial charge in [-0.15, -0.1) is 0 Å². The van der Waals surface area contributed by atoms with Crippen molar-refractivity contribution in [3.63, 3.8) is 0 Å². The summed E-state index contributed by atoms with van der Waals surface area (Å²) in [5.41, 5.74) is 2.30. The van der Waals surface area contributed by atoms with Crippen LogP contribution in [0.1, 0.15) is 29.3 Å². The number of ether oxygens (including phenoxy) is 3. The Morgan fingerprint density at radius 3 is 2.41 bits per heavy atom. The maximum Gasteiger partial charge on any atom is 0.255 e. The highest BCUT2D eigenvalue weighted by atomic mass is 16.5. The summed E-state index contributed by atoms with van der Waals surface area (Å²) in [5.74, 6) is 2.42. The maximum atomic E-state index is 12.6. The Labute approximate surface area is 171 Å². The SMILES string of the molecule is CCCOc1ccc(C(=O)Nc2ccc(Oc3cccc(C)c3)cc2)cc1OC. The van der Waals surface area contributed by atoms with Crippen LogP contribution < -0.4 is 19.5 Å². The van der Waals surface area contributed by atoms with Gasteiger partial charge in [0.2, 0.25) is 0 Å². The third-order valence-electron chi connectivity index (χ3n) is 4.22. The molecule has 1 amide bonds. The van der Waals surface area contributed by atoms with Crippen LogP contribution in [0.4, 0.5) is 5.69 Å². The normalized spacial score (nSPS) is 10.3. The molecule has 0 aliphatic rings. The lowest BCUT2D eigenvalue weighted by molar-refractivity contribution is 0.102. The number of hydrogen-bond donors (Lipinski definition) is 1. The fourth-order valence-electron chi connectivity index (χ4n) is 2.76. The molecule has 1 N–H and O–H groups in total. The third-order valence-corrected chi connectivity index (χ3v) is 4.22. The molecule has 0 saturated carbocycles. The van der Waals surface area contributed by atoms with Gasteiger partial charge >= 0.3 is 0 Å². The molecule has 0 fully saturated rings. The van der Waals surface area contributed by atoms with Gasteiger partial charge in [0.25, 0.3) is 5.91 Å². The van der Waals surface area contributed by atoms with E-state index in [1.165, 1.54) is 0 Å². The van der Waals surface area contributed by atoms with Crippen molar-refractivity contribution in [2.24, 2.45) is 0 Å². The van der Waals surface area contributed by atoms with E-state index >= 15 is 0 Å². The van der Waals surface area contributed by atoms with Crippen molar-refractivity contribution in [1.82, 2.24) is 0 Å². The van der Waals surface area contributed by atoms with Gasteiger partial charge in [-0.25, -0.2) is 0 Å². The number of methoxy groups -OCH3 is 1. The number of benzene rings is 3. The predicted octanol–water partition coefficient (Wildman–Crippen LogP) is 5.84. The molecule has 0 heterocycles. The second-order valence-corrected chi connectivity index (χ2v) is 6.61. The highest BCUT2D eigenvalue weighted by molar-refractivity contribution is 6.04. The number of rotatable bonds is 8. The summed E-state index contributed by atoms with van der Waals surface area (Å²) in [4.78, 5) is 12.6. The minimum atomic E-state index is -0.224. The van der Waals surface area contributed by atoms with Gasteiger partial charge in [-0.05, 0) is 73.5 Å². The van der Waals surface area contributed by atoms with Crippen molar-refractivity contribution < 1.29 is 19.0 Å². The van der Waals surface area contributed by atoms with Gasteiger partial charge in [0, 0.05) is 11.3 Å². The summed E-state index contributed by atoms with van der Waals surface area (Å²) < 4.78 is 16.8. The Bertz CT molecular complexity index is 967. The van der Waals surface area contributed by atoms with Crippen LogP contribution >= 0.6 is 0 Å². The average Bonchev–Trinajstić information content (AvgIpc) is 2.73. The Kier molecular flexibility index (Phi) is 6.74. The van der Waals surface area contributed by atoms with Crippen molar-refractivity contribution in [3.8, 4) is 23.0 Å². The molecule has 0 radical (unpaired) electrons.